The number of hydrogen-bond acceptors (Lipinski definition) is 7. The Labute approximate surface area is 145 Å². The summed E-state index contributed by atoms with van der Waals surface area (Å²) < 4.78 is 11.3. The van der Waals surface area contributed by atoms with Crippen molar-refractivity contribution in [2.24, 2.45) is 0 Å². The molecule has 5 atom stereocenters. The lowest BCUT2D eigenvalue weighted by atomic mass is 9.89. The molecule has 7 nitrogen and oxygen atoms in total. The molecule has 1 heterocycles. The van der Waals surface area contributed by atoms with Gasteiger partial charge in [0.25, 0.3) is 0 Å². The van der Waals surface area contributed by atoms with E-state index in [1.165, 1.54) is 0 Å². The van der Waals surface area contributed by atoms with Crippen molar-refractivity contribution in [2.45, 2.75) is 57.4 Å². The van der Waals surface area contributed by atoms with E-state index < -0.39 is 37.3 Å². The molecule has 3 rings (SSSR count). The molecule has 1 aromatic rings. The van der Waals surface area contributed by atoms with Crippen molar-refractivity contribution in [2.75, 3.05) is 6.61 Å². The van der Waals surface area contributed by atoms with Gasteiger partial charge in [0.15, 0.2) is 0 Å². The van der Waals surface area contributed by atoms with Crippen LogP contribution in [0.4, 0.5) is 0 Å². The van der Waals surface area contributed by atoms with Gasteiger partial charge in [-0.05, 0) is 38.3 Å². The van der Waals surface area contributed by atoms with Gasteiger partial charge in [-0.2, -0.15) is 0 Å². The maximum absolute atomic E-state index is 10.2. The molecule has 7 heteroatoms. The van der Waals surface area contributed by atoms with E-state index in [0.29, 0.717) is 24.2 Å². The molecule has 138 valence electrons. The zero-order valence-electron chi connectivity index (χ0n) is 14.2. The van der Waals surface area contributed by atoms with E-state index in [9.17, 15) is 25.5 Å². The Kier molecular flexibility index (Phi) is 5.04. The molecular weight excluding hydrogens is 328 g/mol. The van der Waals surface area contributed by atoms with Crippen LogP contribution in [-0.4, -0.2) is 62.8 Å². The summed E-state index contributed by atoms with van der Waals surface area (Å²) in [5.74, 6) is 0.669. The highest BCUT2D eigenvalue weighted by Gasteiger charge is 2.45. The summed E-state index contributed by atoms with van der Waals surface area (Å²) in [4.78, 5) is 0. The number of hydrogen-bond donors (Lipinski definition) is 5. The third-order valence-corrected chi connectivity index (χ3v) is 4.85. The van der Waals surface area contributed by atoms with Gasteiger partial charge in [-0.25, -0.2) is 0 Å². The third-order valence-electron chi connectivity index (χ3n) is 4.85. The molecule has 1 aliphatic carbocycles. The fraction of sp³-hybridized carbons (Fsp3) is 0.556. The summed E-state index contributed by atoms with van der Waals surface area (Å²) in [6.45, 7) is 3.24. The van der Waals surface area contributed by atoms with E-state index in [1.54, 1.807) is 13.0 Å². The van der Waals surface area contributed by atoms with Crippen LogP contribution in [0.1, 0.15) is 23.6 Å². The first-order valence-electron chi connectivity index (χ1n) is 8.30. The van der Waals surface area contributed by atoms with Gasteiger partial charge in [0.1, 0.15) is 35.9 Å². The average molecular weight is 352 g/mol. The maximum atomic E-state index is 10.2. The van der Waals surface area contributed by atoms with E-state index in [-0.39, 0.29) is 5.75 Å². The summed E-state index contributed by atoms with van der Waals surface area (Å²) in [7, 11) is 0. The van der Waals surface area contributed by atoms with Crippen molar-refractivity contribution in [3.63, 3.8) is 0 Å². The quantitative estimate of drug-likeness (QED) is 0.483. The number of aliphatic hydroxyl groups is 4. The lowest BCUT2D eigenvalue weighted by Crippen LogP contribution is -2.60. The number of aryl methyl sites for hydroxylation is 1. The molecule has 0 aromatic heterocycles. The fourth-order valence-electron chi connectivity index (χ4n) is 3.37. The molecule has 2 aliphatic rings. The highest BCUT2D eigenvalue weighted by atomic mass is 16.7. The standard InChI is InChI=1S/C18H24O7/c1-8-3-4-10-11(5-8)17(9(2)6-12(10)20)25-18-16(23)15(22)14(21)13(7-19)24-18/h3,6,13-16,18-23H,4-5,7H2,1-2H3/t13-,14-,15+,16-,18-/m1/s1. The largest absolute Gasteiger partial charge is 0.508 e. The fourth-order valence-corrected chi connectivity index (χ4v) is 3.37. The molecule has 0 radical (unpaired) electrons. The molecule has 1 saturated heterocycles. The number of phenols is 1. The van der Waals surface area contributed by atoms with E-state index in [4.69, 9.17) is 9.47 Å². The van der Waals surface area contributed by atoms with Crippen molar-refractivity contribution in [3.05, 3.63) is 34.4 Å². The molecular formula is C18H24O7. The summed E-state index contributed by atoms with van der Waals surface area (Å²) in [5.41, 5.74) is 3.38. The average Bonchev–Trinajstić information content (AvgIpc) is 2.58. The first-order valence-corrected chi connectivity index (χ1v) is 8.30. The predicted molar refractivity (Wildman–Crippen MR) is 88.4 cm³/mol. The van der Waals surface area contributed by atoms with Crippen LogP contribution in [0.15, 0.2) is 17.7 Å². The minimum absolute atomic E-state index is 0.192. The summed E-state index contributed by atoms with van der Waals surface area (Å²) in [6, 6.07) is 1.59. The molecule has 0 spiro atoms. The minimum atomic E-state index is -1.49. The number of phenolic OH excluding ortho intramolecular Hbond substituents is 1. The first kappa shape index (κ1) is 18.2. The van der Waals surface area contributed by atoms with Crippen LogP contribution in [0.5, 0.6) is 11.5 Å². The van der Waals surface area contributed by atoms with Crippen LogP contribution in [0, 0.1) is 6.92 Å². The second-order valence-electron chi connectivity index (χ2n) is 6.75. The lowest BCUT2D eigenvalue weighted by molar-refractivity contribution is -0.277. The van der Waals surface area contributed by atoms with Crippen LogP contribution >= 0.6 is 0 Å². The lowest BCUT2D eigenvalue weighted by Gasteiger charge is -2.40. The van der Waals surface area contributed by atoms with Crippen LogP contribution in [0.3, 0.4) is 0 Å². The molecule has 0 bridgehead atoms. The van der Waals surface area contributed by atoms with Gasteiger partial charge in [0, 0.05) is 11.1 Å². The van der Waals surface area contributed by atoms with Gasteiger partial charge in [-0.1, -0.05) is 11.6 Å². The van der Waals surface area contributed by atoms with Gasteiger partial charge in [-0.3, -0.25) is 0 Å². The van der Waals surface area contributed by atoms with Crippen molar-refractivity contribution >= 4 is 0 Å². The number of rotatable bonds is 3. The number of fused-ring (bicyclic) bond motifs is 1. The first-order chi connectivity index (χ1) is 11.8. The third kappa shape index (κ3) is 3.26. The Balaban J connectivity index is 1.93. The SMILES string of the molecule is CC1=CCc2c(O)cc(C)c(O[C@H]3O[C@H](CO)[C@@H](O)[C@H](O)[C@H]3O)c2C1. The van der Waals surface area contributed by atoms with Crippen LogP contribution in [0.2, 0.25) is 0 Å². The van der Waals surface area contributed by atoms with Crippen LogP contribution in [0.25, 0.3) is 0 Å². The highest BCUT2D eigenvalue weighted by Crippen LogP contribution is 2.39. The Morgan fingerprint density at radius 2 is 1.84 bits per heavy atom. The smallest absolute Gasteiger partial charge is 0.229 e. The van der Waals surface area contributed by atoms with Gasteiger partial charge >= 0.3 is 0 Å². The van der Waals surface area contributed by atoms with E-state index in [0.717, 1.165) is 16.7 Å². The second-order valence-corrected chi connectivity index (χ2v) is 6.75. The number of allylic oxidation sites excluding steroid dienone is 2. The van der Waals surface area contributed by atoms with Crippen LogP contribution in [-0.2, 0) is 17.6 Å². The highest BCUT2D eigenvalue weighted by molar-refractivity contribution is 5.56. The second kappa shape index (κ2) is 6.93. The van der Waals surface area contributed by atoms with Crippen LogP contribution < -0.4 is 4.74 Å². The number of aliphatic hydroxyl groups excluding tert-OH is 4. The maximum Gasteiger partial charge on any atom is 0.229 e. The zero-order valence-corrected chi connectivity index (χ0v) is 14.2. The van der Waals surface area contributed by atoms with E-state index >= 15 is 0 Å². The van der Waals surface area contributed by atoms with Gasteiger partial charge in [0.2, 0.25) is 6.29 Å². The molecule has 0 amide bonds. The van der Waals surface area contributed by atoms with Gasteiger partial charge < -0.3 is 35.0 Å². The molecule has 1 fully saturated rings. The molecule has 5 N–H and O–H groups in total. The van der Waals surface area contributed by atoms with Crippen molar-refractivity contribution < 1.29 is 35.0 Å². The molecule has 0 saturated carbocycles. The predicted octanol–water partition coefficient (Wildman–Crippen LogP) is -0.0758. The topological polar surface area (TPSA) is 120 Å². The van der Waals surface area contributed by atoms with Crippen molar-refractivity contribution in [1.29, 1.82) is 0 Å². The Hall–Kier alpha value is -1.64. The Bertz CT molecular complexity index is 682. The van der Waals surface area contributed by atoms with Crippen molar-refractivity contribution in [1.82, 2.24) is 0 Å². The summed E-state index contributed by atoms with van der Waals surface area (Å²) in [5, 5.41) is 49.5. The summed E-state index contributed by atoms with van der Waals surface area (Å²) in [6.07, 6.45) is -3.45. The molecule has 0 unspecified atom stereocenters. The van der Waals surface area contributed by atoms with Gasteiger partial charge in [0.05, 0.1) is 6.61 Å². The molecule has 1 aliphatic heterocycles. The number of benzene rings is 1. The zero-order chi connectivity index (χ0) is 18.3. The normalized spacial score (nSPS) is 32.1. The minimum Gasteiger partial charge on any atom is -0.508 e. The van der Waals surface area contributed by atoms with Crippen molar-refractivity contribution in [3.8, 4) is 11.5 Å². The summed E-state index contributed by atoms with van der Waals surface area (Å²) >= 11 is 0. The van der Waals surface area contributed by atoms with E-state index in [2.05, 4.69) is 0 Å². The number of aromatic hydroxyl groups is 1. The number of ether oxygens (including phenoxy) is 2. The Morgan fingerprint density at radius 3 is 2.52 bits per heavy atom. The molecule has 1 aromatic carbocycles. The molecule has 25 heavy (non-hydrogen) atoms. The van der Waals surface area contributed by atoms with Gasteiger partial charge in [-0.15, -0.1) is 0 Å². The van der Waals surface area contributed by atoms with E-state index in [1.807, 2.05) is 13.0 Å². The Morgan fingerprint density at radius 1 is 1.12 bits per heavy atom. The monoisotopic (exact) mass is 352 g/mol.